The molecule has 0 unspecified atom stereocenters. The van der Waals surface area contributed by atoms with E-state index in [-0.39, 0.29) is 5.88 Å². The van der Waals surface area contributed by atoms with Crippen LogP contribution in [0.25, 0.3) is 0 Å². The summed E-state index contributed by atoms with van der Waals surface area (Å²) in [5.41, 5.74) is 0.0941. The minimum atomic E-state index is -1.41. The van der Waals surface area contributed by atoms with Crippen LogP contribution >= 0.6 is 0 Å². The molecule has 21 heavy (non-hydrogen) atoms. The number of carboxylic acid groups (broad SMARTS) is 1. The molecule has 0 spiro atoms. The first-order chi connectivity index (χ1) is 10.0. The molecule has 1 N–H and O–H groups in total. The molecule has 0 radical (unpaired) electrons. The van der Waals surface area contributed by atoms with E-state index in [4.69, 9.17) is 9.84 Å². The molecular weight excluding hydrogens is 276 g/mol. The molecule has 2 rings (SSSR count). The summed E-state index contributed by atoms with van der Waals surface area (Å²) in [6.07, 6.45) is 1.76. The van der Waals surface area contributed by atoms with E-state index in [1.165, 1.54) is 0 Å². The van der Waals surface area contributed by atoms with Crippen molar-refractivity contribution >= 4 is 11.7 Å². The number of aryl methyl sites for hydroxylation is 1. The monoisotopic (exact) mass is 288 g/mol. The third-order valence-corrected chi connectivity index (χ3v) is 2.84. The van der Waals surface area contributed by atoms with Crippen LogP contribution in [0.1, 0.15) is 22.8 Å². The van der Waals surface area contributed by atoms with Gasteiger partial charge in [-0.1, -0.05) is 19.1 Å². The van der Waals surface area contributed by atoms with Crippen molar-refractivity contribution in [3.63, 3.8) is 0 Å². The number of benzene rings is 1. The highest BCUT2D eigenvalue weighted by Gasteiger charge is 2.21. The first-order valence-electron chi connectivity index (χ1n) is 6.15. The summed E-state index contributed by atoms with van der Waals surface area (Å²) in [6.45, 7) is 2.02. The van der Waals surface area contributed by atoms with Gasteiger partial charge in [-0.15, -0.1) is 0 Å². The predicted molar refractivity (Wildman–Crippen MR) is 73.7 cm³/mol. The summed E-state index contributed by atoms with van der Waals surface area (Å²) in [5.74, 6) is -0.942. The summed E-state index contributed by atoms with van der Waals surface area (Å²) in [7, 11) is 0. The van der Waals surface area contributed by atoms with Gasteiger partial charge in [0.2, 0.25) is 5.88 Å². The lowest BCUT2D eigenvalue weighted by Gasteiger charge is -2.06. The Balaban J connectivity index is 2.29. The van der Waals surface area contributed by atoms with Gasteiger partial charge in [0.05, 0.1) is 4.92 Å². The molecule has 7 heteroatoms. The first-order valence-corrected chi connectivity index (χ1v) is 6.15. The maximum absolute atomic E-state index is 11.0. The van der Waals surface area contributed by atoms with Gasteiger partial charge in [-0.2, -0.15) is 0 Å². The molecule has 7 nitrogen and oxygen atoms in total. The van der Waals surface area contributed by atoms with Gasteiger partial charge in [0, 0.05) is 6.07 Å². The molecule has 0 fully saturated rings. The quantitative estimate of drug-likeness (QED) is 0.670. The van der Waals surface area contributed by atoms with Gasteiger partial charge in [-0.3, -0.25) is 10.1 Å². The summed E-state index contributed by atoms with van der Waals surface area (Å²) in [4.78, 5) is 24.7. The van der Waals surface area contributed by atoms with Crippen molar-refractivity contribution in [2.24, 2.45) is 0 Å². The fraction of sp³-hybridized carbons (Fsp3) is 0.143. The summed E-state index contributed by atoms with van der Waals surface area (Å²) < 4.78 is 5.41. The van der Waals surface area contributed by atoms with Crippen LogP contribution in [-0.2, 0) is 6.42 Å². The standard InChI is InChI=1S/C14H12N2O5/c1-2-9-3-5-10(6-4-9)21-13-7-11(14(17)18)12(8-15-13)16(19)20/h3-8H,2H2,1H3,(H,17,18). The molecule has 2 aromatic rings. The number of hydrogen-bond acceptors (Lipinski definition) is 5. The van der Waals surface area contributed by atoms with Crippen molar-refractivity contribution in [1.82, 2.24) is 4.98 Å². The molecule has 0 saturated heterocycles. The average Bonchev–Trinajstić information content (AvgIpc) is 2.47. The summed E-state index contributed by atoms with van der Waals surface area (Å²) >= 11 is 0. The topological polar surface area (TPSA) is 103 Å². The second kappa shape index (κ2) is 6.00. The highest BCUT2D eigenvalue weighted by Crippen LogP contribution is 2.25. The molecule has 1 aromatic carbocycles. The summed E-state index contributed by atoms with van der Waals surface area (Å²) in [6, 6.07) is 8.23. The highest BCUT2D eigenvalue weighted by atomic mass is 16.6. The number of carboxylic acids is 1. The van der Waals surface area contributed by atoms with Crippen molar-refractivity contribution in [2.75, 3.05) is 0 Å². The second-order valence-corrected chi connectivity index (χ2v) is 4.20. The lowest BCUT2D eigenvalue weighted by atomic mass is 10.2. The molecule has 0 atom stereocenters. The van der Waals surface area contributed by atoms with Crippen molar-refractivity contribution < 1.29 is 19.6 Å². The van der Waals surface area contributed by atoms with Gasteiger partial charge in [-0.25, -0.2) is 9.78 Å². The Hall–Kier alpha value is -2.96. The Bertz CT molecular complexity index is 682. The molecule has 0 saturated carbocycles. The smallest absolute Gasteiger partial charge is 0.342 e. The lowest BCUT2D eigenvalue weighted by Crippen LogP contribution is -2.04. The van der Waals surface area contributed by atoms with Gasteiger partial charge in [0.25, 0.3) is 0 Å². The van der Waals surface area contributed by atoms with Crippen LogP contribution < -0.4 is 4.74 Å². The Kier molecular flexibility index (Phi) is 4.13. The number of carbonyl (C=O) groups is 1. The van der Waals surface area contributed by atoms with E-state index in [2.05, 4.69) is 4.98 Å². The lowest BCUT2D eigenvalue weighted by molar-refractivity contribution is -0.385. The van der Waals surface area contributed by atoms with Crippen LogP contribution in [0.5, 0.6) is 11.6 Å². The number of nitrogens with zero attached hydrogens (tertiary/aromatic N) is 2. The SMILES string of the molecule is CCc1ccc(Oc2cc(C(=O)O)c([N+](=O)[O-])cn2)cc1. The van der Waals surface area contributed by atoms with E-state index in [1.54, 1.807) is 12.1 Å². The molecule has 0 aliphatic rings. The van der Waals surface area contributed by atoms with Gasteiger partial charge < -0.3 is 9.84 Å². The Morgan fingerprint density at radius 3 is 2.57 bits per heavy atom. The van der Waals surface area contributed by atoms with E-state index in [0.717, 1.165) is 24.2 Å². The normalized spacial score (nSPS) is 10.1. The minimum Gasteiger partial charge on any atom is -0.477 e. The van der Waals surface area contributed by atoms with Gasteiger partial charge >= 0.3 is 11.7 Å². The van der Waals surface area contributed by atoms with Crippen molar-refractivity contribution in [1.29, 1.82) is 0 Å². The number of ether oxygens (including phenoxy) is 1. The Labute approximate surface area is 120 Å². The van der Waals surface area contributed by atoms with E-state index in [9.17, 15) is 14.9 Å². The molecular formula is C14H12N2O5. The molecule has 1 heterocycles. The maximum Gasteiger partial charge on any atom is 0.342 e. The number of aromatic nitrogens is 1. The average molecular weight is 288 g/mol. The van der Waals surface area contributed by atoms with Crippen molar-refractivity contribution in [3.05, 3.63) is 57.8 Å². The van der Waals surface area contributed by atoms with Gasteiger partial charge in [0.15, 0.2) is 0 Å². The number of rotatable bonds is 5. The van der Waals surface area contributed by atoms with E-state index in [1.807, 2.05) is 19.1 Å². The highest BCUT2D eigenvalue weighted by molar-refractivity contribution is 5.92. The number of aromatic carboxylic acids is 1. The molecule has 0 aliphatic heterocycles. The zero-order valence-electron chi connectivity index (χ0n) is 11.1. The Morgan fingerprint density at radius 1 is 1.38 bits per heavy atom. The minimum absolute atomic E-state index is 0.0118. The van der Waals surface area contributed by atoms with Crippen LogP contribution in [0.3, 0.4) is 0 Å². The summed E-state index contributed by atoms with van der Waals surface area (Å²) in [5, 5.41) is 19.7. The molecule has 108 valence electrons. The zero-order valence-corrected chi connectivity index (χ0v) is 11.1. The molecule has 0 bridgehead atoms. The van der Waals surface area contributed by atoms with E-state index in [0.29, 0.717) is 5.75 Å². The van der Waals surface area contributed by atoms with Crippen LogP contribution in [0.4, 0.5) is 5.69 Å². The third kappa shape index (κ3) is 3.33. The zero-order chi connectivity index (χ0) is 15.4. The van der Waals surface area contributed by atoms with Gasteiger partial charge in [-0.05, 0) is 24.1 Å². The predicted octanol–water partition coefficient (Wildman–Crippen LogP) is 3.04. The molecule has 0 amide bonds. The number of pyridine rings is 1. The van der Waals surface area contributed by atoms with Crippen LogP contribution in [0, 0.1) is 10.1 Å². The van der Waals surface area contributed by atoms with Crippen molar-refractivity contribution in [2.45, 2.75) is 13.3 Å². The Morgan fingerprint density at radius 2 is 2.05 bits per heavy atom. The third-order valence-electron chi connectivity index (χ3n) is 2.84. The van der Waals surface area contributed by atoms with Gasteiger partial charge in [0.1, 0.15) is 17.5 Å². The van der Waals surface area contributed by atoms with Crippen molar-refractivity contribution in [3.8, 4) is 11.6 Å². The molecule has 1 aromatic heterocycles. The fourth-order valence-corrected chi connectivity index (χ4v) is 1.72. The van der Waals surface area contributed by atoms with Crippen LogP contribution in [-0.4, -0.2) is 21.0 Å². The fourth-order valence-electron chi connectivity index (χ4n) is 1.72. The van der Waals surface area contributed by atoms with Crippen LogP contribution in [0.2, 0.25) is 0 Å². The number of hydrogen-bond donors (Lipinski definition) is 1. The maximum atomic E-state index is 11.0. The van der Waals surface area contributed by atoms with Crippen LogP contribution in [0.15, 0.2) is 36.5 Å². The first kappa shape index (κ1) is 14.4. The second-order valence-electron chi connectivity index (χ2n) is 4.20. The number of nitro groups is 1. The largest absolute Gasteiger partial charge is 0.477 e. The molecule has 0 aliphatic carbocycles. The van der Waals surface area contributed by atoms with E-state index >= 15 is 0 Å². The van der Waals surface area contributed by atoms with E-state index < -0.39 is 22.1 Å².